The molecule has 2 N–H and O–H groups in total. The minimum Gasteiger partial charge on any atom is -0.369 e. The fourth-order valence-corrected chi connectivity index (χ4v) is 1.53. The van der Waals surface area contributed by atoms with Crippen LogP contribution >= 0.6 is 0 Å². The molecular weight excluding hydrogens is 164 g/mol. The van der Waals surface area contributed by atoms with Crippen LogP contribution in [0, 0.1) is 11.3 Å². The van der Waals surface area contributed by atoms with Crippen molar-refractivity contribution in [3.63, 3.8) is 0 Å². The largest absolute Gasteiger partial charge is 0.369 e. The Balaban J connectivity index is 4.24. The molecule has 0 rings (SSSR count). The van der Waals surface area contributed by atoms with Crippen LogP contribution in [0.25, 0.3) is 0 Å². The molecule has 2 unspecified atom stereocenters. The maximum absolute atomic E-state index is 11.0. The Morgan fingerprint density at radius 3 is 2.64 bits per heavy atom. The van der Waals surface area contributed by atoms with Crippen molar-refractivity contribution < 1.29 is 9.00 Å². The number of nitrogens with two attached hydrogens (primary N) is 1. The summed E-state index contributed by atoms with van der Waals surface area (Å²) in [5, 5.41) is 7.44. The van der Waals surface area contributed by atoms with Gasteiger partial charge in [-0.3, -0.25) is 9.00 Å². The van der Waals surface area contributed by atoms with Crippen LogP contribution in [0.15, 0.2) is 0 Å². The second-order valence-electron chi connectivity index (χ2n) is 1.92. The standard InChI is InChI=1S/C6H10N2O2S/c1-2-11(10)5(3-4-7)6(8)9/h5H,2-3H2,1H3,(H2,8,9). The molecule has 0 spiro atoms. The first-order chi connectivity index (χ1) is 5.13. The van der Waals surface area contributed by atoms with E-state index in [4.69, 9.17) is 11.0 Å². The molecule has 0 aliphatic rings. The van der Waals surface area contributed by atoms with E-state index in [1.807, 2.05) is 0 Å². The molecule has 0 aromatic rings. The summed E-state index contributed by atoms with van der Waals surface area (Å²) in [6.07, 6.45) is -0.0597. The zero-order chi connectivity index (χ0) is 8.85. The van der Waals surface area contributed by atoms with Crippen molar-refractivity contribution >= 4 is 16.7 Å². The zero-order valence-corrected chi connectivity index (χ0v) is 7.06. The molecule has 0 saturated heterocycles. The van der Waals surface area contributed by atoms with Crippen LogP contribution in [-0.2, 0) is 15.6 Å². The molecule has 0 aliphatic carbocycles. The average Bonchev–Trinajstić information content (AvgIpc) is 1.98. The van der Waals surface area contributed by atoms with Crippen molar-refractivity contribution in [3.05, 3.63) is 0 Å². The van der Waals surface area contributed by atoms with E-state index in [0.717, 1.165) is 0 Å². The van der Waals surface area contributed by atoms with Gasteiger partial charge in [-0.1, -0.05) is 6.92 Å². The summed E-state index contributed by atoms with van der Waals surface area (Å²) in [5.74, 6) is -0.304. The summed E-state index contributed by atoms with van der Waals surface area (Å²) >= 11 is 0. The van der Waals surface area contributed by atoms with Gasteiger partial charge in [-0.25, -0.2) is 0 Å². The van der Waals surface area contributed by atoms with Crippen molar-refractivity contribution in [1.29, 1.82) is 5.26 Å². The molecule has 0 aromatic heterocycles. The number of rotatable bonds is 4. The lowest BCUT2D eigenvalue weighted by molar-refractivity contribution is -0.117. The van der Waals surface area contributed by atoms with Crippen LogP contribution in [0.1, 0.15) is 13.3 Å². The molecule has 0 heterocycles. The lowest BCUT2D eigenvalue weighted by atomic mass is 10.3. The van der Waals surface area contributed by atoms with E-state index in [0.29, 0.717) is 5.75 Å². The van der Waals surface area contributed by atoms with Gasteiger partial charge in [0, 0.05) is 16.6 Å². The lowest BCUT2D eigenvalue weighted by Crippen LogP contribution is -2.32. The highest BCUT2D eigenvalue weighted by Gasteiger charge is 2.20. The molecule has 62 valence electrons. The van der Waals surface area contributed by atoms with Crippen LogP contribution in [-0.4, -0.2) is 21.1 Å². The summed E-state index contributed by atoms with van der Waals surface area (Å²) in [7, 11) is -1.29. The number of primary amides is 1. The normalized spacial score (nSPS) is 14.9. The molecule has 0 fully saturated rings. The monoisotopic (exact) mass is 174 g/mol. The number of nitrogens with zero attached hydrogens (tertiary/aromatic N) is 1. The van der Waals surface area contributed by atoms with Crippen molar-refractivity contribution in [2.24, 2.45) is 5.73 Å². The quantitative estimate of drug-likeness (QED) is 0.625. The van der Waals surface area contributed by atoms with E-state index >= 15 is 0 Å². The molecule has 0 aliphatic heterocycles. The molecule has 1 amide bonds. The minimum absolute atomic E-state index is 0.0597. The topological polar surface area (TPSA) is 83.9 Å². The zero-order valence-electron chi connectivity index (χ0n) is 6.24. The predicted octanol–water partition coefficient (Wildman–Crippen LogP) is -0.477. The van der Waals surface area contributed by atoms with Gasteiger partial charge in [0.15, 0.2) is 0 Å². The van der Waals surface area contributed by atoms with Crippen LogP contribution in [0.2, 0.25) is 0 Å². The van der Waals surface area contributed by atoms with E-state index in [-0.39, 0.29) is 6.42 Å². The van der Waals surface area contributed by atoms with Crippen LogP contribution in [0.4, 0.5) is 0 Å². The van der Waals surface area contributed by atoms with E-state index in [1.54, 1.807) is 13.0 Å². The Hall–Kier alpha value is -0.890. The first kappa shape index (κ1) is 10.1. The van der Waals surface area contributed by atoms with E-state index in [9.17, 15) is 9.00 Å². The fraction of sp³-hybridized carbons (Fsp3) is 0.667. The summed E-state index contributed by atoms with van der Waals surface area (Å²) in [6, 6.07) is 1.77. The van der Waals surface area contributed by atoms with Gasteiger partial charge in [-0.05, 0) is 0 Å². The maximum Gasteiger partial charge on any atom is 0.234 e. The van der Waals surface area contributed by atoms with Gasteiger partial charge in [0.25, 0.3) is 0 Å². The summed E-state index contributed by atoms with van der Waals surface area (Å²) in [4.78, 5) is 10.6. The Morgan fingerprint density at radius 2 is 2.36 bits per heavy atom. The van der Waals surface area contributed by atoms with E-state index in [1.165, 1.54) is 0 Å². The van der Waals surface area contributed by atoms with Crippen molar-refractivity contribution in [2.75, 3.05) is 5.75 Å². The number of nitriles is 1. The van der Waals surface area contributed by atoms with Crippen molar-refractivity contribution in [2.45, 2.75) is 18.6 Å². The number of carbonyl (C=O) groups is 1. The van der Waals surface area contributed by atoms with Crippen LogP contribution in [0.5, 0.6) is 0 Å². The van der Waals surface area contributed by atoms with E-state index in [2.05, 4.69) is 0 Å². The third-order valence-corrected chi connectivity index (χ3v) is 2.80. The molecule has 0 radical (unpaired) electrons. The molecule has 0 bridgehead atoms. The van der Waals surface area contributed by atoms with Crippen LogP contribution < -0.4 is 5.73 Å². The first-order valence-corrected chi connectivity index (χ1v) is 4.55. The Labute approximate surface area is 67.8 Å². The SMILES string of the molecule is CCS(=O)C(CC#N)C(N)=O. The van der Waals surface area contributed by atoms with Gasteiger partial charge in [0.05, 0.1) is 12.5 Å². The van der Waals surface area contributed by atoms with Crippen molar-refractivity contribution in [3.8, 4) is 6.07 Å². The fourth-order valence-electron chi connectivity index (χ4n) is 0.607. The lowest BCUT2D eigenvalue weighted by Gasteiger charge is -2.05. The Bertz CT molecular complexity index is 209. The van der Waals surface area contributed by atoms with Gasteiger partial charge >= 0.3 is 0 Å². The second kappa shape index (κ2) is 4.85. The molecule has 4 nitrogen and oxygen atoms in total. The highest BCUT2D eigenvalue weighted by Crippen LogP contribution is 2.00. The molecule has 2 atom stereocenters. The highest BCUT2D eigenvalue weighted by molar-refractivity contribution is 7.86. The Kier molecular flexibility index (Phi) is 4.46. The van der Waals surface area contributed by atoms with Crippen LogP contribution in [0.3, 0.4) is 0 Å². The summed E-state index contributed by atoms with van der Waals surface area (Å²) in [5.41, 5.74) is 4.92. The van der Waals surface area contributed by atoms with Gasteiger partial charge in [-0.15, -0.1) is 0 Å². The molecule has 0 saturated carbocycles. The van der Waals surface area contributed by atoms with Gasteiger partial charge < -0.3 is 5.73 Å². The average molecular weight is 174 g/mol. The highest BCUT2D eigenvalue weighted by atomic mass is 32.2. The number of amides is 1. The summed E-state index contributed by atoms with van der Waals surface area (Å²) in [6.45, 7) is 1.68. The van der Waals surface area contributed by atoms with Gasteiger partial charge in [0.1, 0.15) is 5.25 Å². The third kappa shape index (κ3) is 3.14. The van der Waals surface area contributed by atoms with Crippen molar-refractivity contribution in [1.82, 2.24) is 0 Å². The third-order valence-electron chi connectivity index (χ3n) is 1.20. The molecule has 5 heteroatoms. The van der Waals surface area contributed by atoms with Gasteiger partial charge in [-0.2, -0.15) is 5.26 Å². The first-order valence-electron chi connectivity index (χ1n) is 3.17. The number of carbonyl (C=O) groups excluding carboxylic acids is 1. The number of hydrogen-bond acceptors (Lipinski definition) is 3. The smallest absolute Gasteiger partial charge is 0.234 e. The minimum atomic E-state index is -1.29. The number of hydrogen-bond donors (Lipinski definition) is 1. The maximum atomic E-state index is 11.0. The molecular formula is C6H10N2O2S. The van der Waals surface area contributed by atoms with Gasteiger partial charge in [0.2, 0.25) is 5.91 Å². The summed E-state index contributed by atoms with van der Waals surface area (Å²) < 4.78 is 11.0. The predicted molar refractivity (Wildman–Crippen MR) is 41.9 cm³/mol. The Morgan fingerprint density at radius 1 is 1.82 bits per heavy atom. The molecule has 11 heavy (non-hydrogen) atoms. The molecule has 0 aromatic carbocycles. The van der Waals surface area contributed by atoms with E-state index < -0.39 is 22.0 Å². The second-order valence-corrected chi connectivity index (χ2v) is 3.83.